The minimum Gasteiger partial charge on any atom is -0.396 e. The van der Waals surface area contributed by atoms with Crippen molar-refractivity contribution in [2.45, 2.75) is 30.0 Å². The second-order valence-corrected chi connectivity index (χ2v) is 13.3. The normalized spacial score (nSPS) is 19.4. The van der Waals surface area contributed by atoms with Crippen LogP contribution >= 0.6 is 11.3 Å². The number of nitrogens with zero attached hydrogens (tertiary/aromatic N) is 6. The van der Waals surface area contributed by atoms with Crippen LogP contribution in [0.3, 0.4) is 0 Å². The number of imidazole rings is 1. The van der Waals surface area contributed by atoms with Crippen LogP contribution in [0, 0.1) is 11.2 Å². The van der Waals surface area contributed by atoms with Crippen molar-refractivity contribution >= 4 is 26.5 Å². The molecule has 200 valence electrons. The van der Waals surface area contributed by atoms with E-state index in [1.165, 1.54) is 34.0 Å². The summed E-state index contributed by atoms with van der Waals surface area (Å²) in [6.07, 6.45) is 6.71. The summed E-state index contributed by atoms with van der Waals surface area (Å²) in [7, 11) is -1.56. The van der Waals surface area contributed by atoms with Crippen molar-refractivity contribution in [2.24, 2.45) is 5.41 Å². The lowest BCUT2D eigenvalue weighted by Crippen LogP contribution is -2.45. The van der Waals surface area contributed by atoms with E-state index in [-0.39, 0.29) is 16.6 Å². The highest BCUT2D eigenvalue weighted by molar-refractivity contribution is 7.91. The predicted molar refractivity (Wildman–Crippen MR) is 141 cm³/mol. The fourth-order valence-electron chi connectivity index (χ4n) is 5.04. The Bertz CT molecular complexity index is 1290. The second kappa shape index (κ2) is 10.8. The summed E-state index contributed by atoms with van der Waals surface area (Å²) in [5, 5.41) is 11.1. The van der Waals surface area contributed by atoms with Crippen LogP contribution in [0.1, 0.15) is 24.1 Å². The van der Waals surface area contributed by atoms with Crippen LogP contribution in [-0.2, 0) is 23.0 Å². The molecule has 5 rings (SSSR count). The molecule has 2 aliphatic rings. The summed E-state index contributed by atoms with van der Waals surface area (Å²) in [6, 6.07) is 6.38. The van der Waals surface area contributed by atoms with Crippen LogP contribution in [0.2, 0.25) is 0 Å². The van der Waals surface area contributed by atoms with E-state index in [1.807, 2.05) is 4.57 Å². The van der Waals surface area contributed by atoms with Crippen molar-refractivity contribution in [2.75, 3.05) is 57.8 Å². The minimum atomic E-state index is -3.64. The number of piperidine rings is 1. The maximum absolute atomic E-state index is 13.4. The number of sulfonamides is 1. The van der Waals surface area contributed by atoms with E-state index in [0.29, 0.717) is 38.9 Å². The summed E-state index contributed by atoms with van der Waals surface area (Å²) in [6.45, 7) is 4.75. The molecule has 12 heteroatoms. The summed E-state index contributed by atoms with van der Waals surface area (Å²) >= 11 is 1.24. The third-order valence-electron chi connectivity index (χ3n) is 7.58. The largest absolute Gasteiger partial charge is 0.396 e. The number of benzene rings is 1. The van der Waals surface area contributed by atoms with Gasteiger partial charge >= 0.3 is 0 Å². The minimum absolute atomic E-state index is 0.0310. The number of hydrogen-bond donors (Lipinski definition) is 1. The summed E-state index contributed by atoms with van der Waals surface area (Å²) in [5.74, 6) is -0.274. The fourth-order valence-corrected chi connectivity index (χ4v) is 7.81. The standard InChI is InChI=1S/C25H33FN6O3S2/c1-29-10-12-30(13-11-29)24-28-16-23(36-24)37(34,35)32-8-6-25(18-33,7-9-32)14-22-15-27-19-31(22)17-20-2-4-21(26)5-3-20/h2-5,15-16,19,33H,6-14,17-18H2,1H3. The predicted octanol–water partition coefficient (Wildman–Crippen LogP) is 2.28. The van der Waals surface area contributed by atoms with Gasteiger partial charge in [0.15, 0.2) is 9.34 Å². The molecule has 2 aromatic heterocycles. The zero-order valence-electron chi connectivity index (χ0n) is 21.0. The van der Waals surface area contributed by atoms with Gasteiger partial charge in [-0.05, 0) is 44.0 Å². The van der Waals surface area contributed by atoms with Crippen molar-refractivity contribution < 1.29 is 17.9 Å². The molecule has 0 unspecified atom stereocenters. The number of aliphatic hydroxyl groups is 1. The first-order valence-corrected chi connectivity index (χ1v) is 14.8. The number of anilines is 1. The molecule has 0 spiro atoms. The molecule has 9 nitrogen and oxygen atoms in total. The number of aromatic nitrogens is 3. The Labute approximate surface area is 221 Å². The van der Waals surface area contributed by atoms with E-state index in [1.54, 1.807) is 24.7 Å². The van der Waals surface area contributed by atoms with Gasteiger partial charge in [0.2, 0.25) is 0 Å². The highest BCUT2D eigenvalue weighted by atomic mass is 32.2. The Morgan fingerprint density at radius 3 is 2.43 bits per heavy atom. The Hall–Kier alpha value is -2.38. The van der Waals surface area contributed by atoms with Crippen molar-refractivity contribution in [3.8, 4) is 0 Å². The first kappa shape index (κ1) is 26.2. The topological polar surface area (TPSA) is 94.8 Å². The number of thiazole rings is 1. The van der Waals surface area contributed by atoms with Crippen molar-refractivity contribution in [3.05, 3.63) is 60.1 Å². The van der Waals surface area contributed by atoms with Crippen LogP contribution in [0.25, 0.3) is 0 Å². The van der Waals surface area contributed by atoms with Crippen LogP contribution in [0.5, 0.6) is 0 Å². The molecular weight excluding hydrogens is 515 g/mol. The molecule has 0 atom stereocenters. The SMILES string of the molecule is CN1CCN(c2ncc(S(=O)(=O)N3CCC(CO)(Cc4cncn4Cc4ccc(F)cc4)CC3)s2)CC1. The zero-order valence-corrected chi connectivity index (χ0v) is 22.6. The highest BCUT2D eigenvalue weighted by Gasteiger charge is 2.39. The Morgan fingerprint density at radius 2 is 1.76 bits per heavy atom. The third-order valence-corrected chi connectivity index (χ3v) is 11.0. The summed E-state index contributed by atoms with van der Waals surface area (Å²) < 4.78 is 43.9. The van der Waals surface area contributed by atoms with E-state index in [9.17, 15) is 17.9 Å². The molecule has 1 aromatic carbocycles. The average molecular weight is 549 g/mol. The molecule has 2 saturated heterocycles. The smallest absolute Gasteiger partial charge is 0.254 e. The number of rotatable bonds is 8. The fraction of sp³-hybridized carbons (Fsp3) is 0.520. The molecule has 37 heavy (non-hydrogen) atoms. The third kappa shape index (κ3) is 5.73. The first-order chi connectivity index (χ1) is 17.8. The van der Waals surface area contributed by atoms with Crippen LogP contribution < -0.4 is 4.90 Å². The molecule has 0 amide bonds. The van der Waals surface area contributed by atoms with Gasteiger partial charge in [-0.1, -0.05) is 23.5 Å². The number of halogens is 1. The van der Waals surface area contributed by atoms with Gasteiger partial charge in [0, 0.05) is 69.7 Å². The molecule has 0 radical (unpaired) electrons. The van der Waals surface area contributed by atoms with Crippen molar-refractivity contribution in [3.63, 3.8) is 0 Å². The van der Waals surface area contributed by atoms with Gasteiger partial charge in [0.05, 0.1) is 12.5 Å². The number of aliphatic hydroxyl groups excluding tert-OH is 1. The lowest BCUT2D eigenvalue weighted by Gasteiger charge is -2.40. The van der Waals surface area contributed by atoms with Gasteiger partial charge in [-0.25, -0.2) is 22.8 Å². The van der Waals surface area contributed by atoms with E-state index in [4.69, 9.17) is 0 Å². The monoisotopic (exact) mass is 548 g/mol. The maximum Gasteiger partial charge on any atom is 0.254 e. The molecule has 1 N–H and O–H groups in total. The Kier molecular flexibility index (Phi) is 7.64. The molecular formula is C25H33FN6O3S2. The average Bonchev–Trinajstić information content (AvgIpc) is 3.57. The molecule has 4 heterocycles. The summed E-state index contributed by atoms with van der Waals surface area (Å²) in [4.78, 5) is 13.1. The number of piperazine rings is 1. The Morgan fingerprint density at radius 1 is 1.05 bits per heavy atom. The lowest BCUT2D eigenvalue weighted by atomic mass is 9.76. The van der Waals surface area contributed by atoms with Crippen molar-refractivity contribution in [1.82, 2.24) is 23.7 Å². The Balaban J connectivity index is 1.24. The molecule has 3 aromatic rings. The van der Waals surface area contributed by atoms with E-state index in [0.717, 1.165) is 42.6 Å². The van der Waals surface area contributed by atoms with Gasteiger partial charge in [-0.15, -0.1) is 0 Å². The molecule has 2 fully saturated rings. The van der Waals surface area contributed by atoms with Crippen LogP contribution in [0.4, 0.5) is 9.52 Å². The molecule has 0 aliphatic carbocycles. The first-order valence-electron chi connectivity index (χ1n) is 12.5. The van der Waals surface area contributed by atoms with Crippen LogP contribution in [0.15, 0.2) is 47.2 Å². The second-order valence-electron chi connectivity index (χ2n) is 10.1. The molecule has 2 aliphatic heterocycles. The number of likely N-dealkylation sites (N-methyl/N-ethyl adjacent to an activating group) is 1. The van der Waals surface area contributed by atoms with E-state index < -0.39 is 15.4 Å². The van der Waals surface area contributed by atoms with Gasteiger partial charge in [0.25, 0.3) is 10.0 Å². The molecule has 0 saturated carbocycles. The highest BCUT2D eigenvalue weighted by Crippen LogP contribution is 2.38. The lowest BCUT2D eigenvalue weighted by molar-refractivity contribution is 0.0669. The van der Waals surface area contributed by atoms with Crippen LogP contribution in [-0.4, -0.2) is 90.2 Å². The zero-order chi connectivity index (χ0) is 26.0. The van der Waals surface area contributed by atoms with Crippen molar-refractivity contribution in [1.29, 1.82) is 0 Å². The van der Waals surface area contributed by atoms with Gasteiger partial charge in [-0.2, -0.15) is 4.31 Å². The molecule has 0 bridgehead atoms. The van der Waals surface area contributed by atoms with Gasteiger partial charge < -0.3 is 19.5 Å². The van der Waals surface area contributed by atoms with Gasteiger partial charge in [0.1, 0.15) is 5.82 Å². The quantitative estimate of drug-likeness (QED) is 0.462. The summed E-state index contributed by atoms with van der Waals surface area (Å²) in [5.41, 5.74) is 1.50. The maximum atomic E-state index is 13.4. The number of hydrogen-bond acceptors (Lipinski definition) is 8. The van der Waals surface area contributed by atoms with E-state index in [2.05, 4.69) is 26.8 Å². The van der Waals surface area contributed by atoms with Gasteiger partial charge in [-0.3, -0.25) is 0 Å². The van der Waals surface area contributed by atoms with E-state index >= 15 is 0 Å².